The summed E-state index contributed by atoms with van der Waals surface area (Å²) in [5.74, 6) is -0.429. The molecule has 7 nitrogen and oxygen atoms in total. The fourth-order valence-corrected chi connectivity index (χ4v) is 1.56. The van der Waals surface area contributed by atoms with Gasteiger partial charge < -0.3 is 14.7 Å². The number of rotatable bonds is 5. The topological polar surface area (TPSA) is 92.9 Å². The molecule has 0 aliphatic rings. The normalized spacial score (nSPS) is 11.8. The van der Waals surface area contributed by atoms with E-state index in [9.17, 15) is 14.9 Å². The number of nitro benzene ring substituents is 1. The summed E-state index contributed by atoms with van der Waals surface area (Å²) >= 11 is 0. The number of carbonyl (C=O) groups is 1. The molecular weight excluding hydrogens is 252 g/mol. The number of ether oxygens (including phenoxy) is 1. The zero-order chi connectivity index (χ0) is 14.6. The second-order valence-electron chi connectivity index (χ2n) is 4.06. The quantitative estimate of drug-likeness (QED) is 0.636. The lowest BCUT2D eigenvalue weighted by Crippen LogP contribution is -2.37. The molecule has 0 spiro atoms. The van der Waals surface area contributed by atoms with Crippen molar-refractivity contribution in [3.8, 4) is 5.75 Å². The van der Waals surface area contributed by atoms with E-state index >= 15 is 0 Å². The highest BCUT2D eigenvalue weighted by molar-refractivity contribution is 6.00. The number of hydrogen-bond donors (Lipinski definition) is 1. The summed E-state index contributed by atoms with van der Waals surface area (Å²) in [5, 5.41) is 20.0. The van der Waals surface area contributed by atoms with Crippen molar-refractivity contribution in [2.45, 2.75) is 13.0 Å². The Morgan fingerprint density at radius 3 is 2.68 bits per heavy atom. The van der Waals surface area contributed by atoms with Gasteiger partial charge in [-0.1, -0.05) is 6.07 Å². The monoisotopic (exact) mass is 268 g/mol. The van der Waals surface area contributed by atoms with Crippen LogP contribution in [-0.2, 0) is 0 Å². The average molecular weight is 268 g/mol. The molecule has 0 radical (unpaired) electrons. The fourth-order valence-electron chi connectivity index (χ4n) is 1.56. The molecule has 1 amide bonds. The molecule has 0 bridgehead atoms. The number of amides is 1. The van der Waals surface area contributed by atoms with Crippen LogP contribution in [0.5, 0.6) is 5.75 Å². The third-order valence-corrected chi connectivity index (χ3v) is 2.88. The molecule has 0 heterocycles. The number of hydrogen-bond acceptors (Lipinski definition) is 5. The molecule has 1 unspecified atom stereocenters. The van der Waals surface area contributed by atoms with Gasteiger partial charge in [0.1, 0.15) is 5.75 Å². The van der Waals surface area contributed by atoms with Crippen molar-refractivity contribution in [2.75, 3.05) is 20.8 Å². The van der Waals surface area contributed by atoms with Gasteiger partial charge in [-0.05, 0) is 13.0 Å². The van der Waals surface area contributed by atoms with Gasteiger partial charge in [-0.2, -0.15) is 0 Å². The molecule has 104 valence electrons. The first kappa shape index (κ1) is 14.9. The minimum atomic E-state index is -0.632. The van der Waals surface area contributed by atoms with E-state index in [0.29, 0.717) is 0 Å². The minimum Gasteiger partial charge on any atom is -0.496 e. The van der Waals surface area contributed by atoms with Crippen LogP contribution in [0.1, 0.15) is 17.3 Å². The summed E-state index contributed by atoms with van der Waals surface area (Å²) in [5.41, 5.74) is -0.431. The smallest absolute Gasteiger partial charge is 0.285 e. The second-order valence-corrected chi connectivity index (χ2v) is 4.06. The van der Waals surface area contributed by atoms with Crippen molar-refractivity contribution in [3.05, 3.63) is 33.9 Å². The number of aliphatic hydroxyl groups excluding tert-OH is 1. The first-order chi connectivity index (χ1) is 8.93. The predicted molar refractivity (Wildman–Crippen MR) is 68.3 cm³/mol. The molecule has 0 fully saturated rings. The van der Waals surface area contributed by atoms with Gasteiger partial charge in [-0.3, -0.25) is 14.9 Å². The molecule has 1 aromatic rings. The van der Waals surface area contributed by atoms with Crippen LogP contribution in [0.25, 0.3) is 0 Å². The Bertz CT molecular complexity index is 489. The molecule has 1 N–H and O–H groups in total. The largest absolute Gasteiger partial charge is 0.496 e. The van der Waals surface area contributed by atoms with Gasteiger partial charge in [0.2, 0.25) is 0 Å². The van der Waals surface area contributed by atoms with Crippen LogP contribution in [0.3, 0.4) is 0 Å². The zero-order valence-electron chi connectivity index (χ0n) is 11.0. The number of likely N-dealkylation sites (N-methyl/N-ethyl adjacent to an activating group) is 1. The number of aliphatic hydroxyl groups is 1. The summed E-state index contributed by atoms with van der Waals surface area (Å²) in [6.07, 6.45) is 0. The highest BCUT2D eigenvalue weighted by Gasteiger charge is 2.28. The van der Waals surface area contributed by atoms with E-state index < -0.39 is 16.9 Å². The van der Waals surface area contributed by atoms with Gasteiger partial charge in [0.05, 0.1) is 24.7 Å². The molecular formula is C12H16N2O5. The summed E-state index contributed by atoms with van der Waals surface area (Å²) in [6.45, 7) is 1.41. The van der Waals surface area contributed by atoms with Gasteiger partial charge in [0.25, 0.3) is 11.6 Å². The molecule has 1 rings (SSSR count). The predicted octanol–water partition coefficient (Wildman–Crippen LogP) is 1.06. The summed E-state index contributed by atoms with van der Waals surface area (Å²) in [6, 6.07) is 3.73. The lowest BCUT2D eigenvalue weighted by Gasteiger charge is -2.23. The molecule has 0 aliphatic carbocycles. The number of carbonyl (C=O) groups excluding carboxylic acids is 1. The van der Waals surface area contributed by atoms with E-state index in [1.807, 2.05) is 0 Å². The Balaban J connectivity index is 3.31. The van der Waals surface area contributed by atoms with Gasteiger partial charge in [0.15, 0.2) is 5.56 Å². The van der Waals surface area contributed by atoms with Crippen molar-refractivity contribution in [3.63, 3.8) is 0 Å². The Hall–Kier alpha value is -2.15. The number of nitro groups is 1. The van der Waals surface area contributed by atoms with E-state index in [2.05, 4.69) is 0 Å². The molecule has 0 aromatic heterocycles. The van der Waals surface area contributed by atoms with Crippen molar-refractivity contribution in [1.82, 2.24) is 4.90 Å². The van der Waals surface area contributed by atoms with Gasteiger partial charge >= 0.3 is 0 Å². The maximum atomic E-state index is 12.3. The third kappa shape index (κ3) is 3.00. The Kier molecular flexibility index (Phi) is 4.82. The molecule has 0 aliphatic heterocycles. The third-order valence-electron chi connectivity index (χ3n) is 2.88. The Morgan fingerprint density at radius 2 is 2.21 bits per heavy atom. The van der Waals surface area contributed by atoms with E-state index in [4.69, 9.17) is 9.84 Å². The standard InChI is InChI=1S/C12H16N2O5/c1-8(7-15)13(2)12(16)11-9(14(17)18)5-4-6-10(11)19-3/h4-6,8,15H,7H2,1-3H3. The Morgan fingerprint density at radius 1 is 1.58 bits per heavy atom. The van der Waals surface area contributed by atoms with Crippen molar-refractivity contribution in [2.24, 2.45) is 0 Å². The van der Waals surface area contributed by atoms with Crippen LogP contribution >= 0.6 is 0 Å². The van der Waals surface area contributed by atoms with E-state index in [1.165, 1.54) is 37.3 Å². The van der Waals surface area contributed by atoms with Crippen molar-refractivity contribution in [1.29, 1.82) is 0 Å². The molecule has 1 atom stereocenters. The maximum absolute atomic E-state index is 12.3. The fraction of sp³-hybridized carbons (Fsp3) is 0.417. The van der Waals surface area contributed by atoms with E-state index in [1.54, 1.807) is 6.92 Å². The first-order valence-electron chi connectivity index (χ1n) is 5.63. The van der Waals surface area contributed by atoms with Crippen LogP contribution in [-0.4, -0.2) is 47.6 Å². The summed E-state index contributed by atoms with van der Waals surface area (Å²) in [7, 11) is 2.81. The van der Waals surface area contributed by atoms with Gasteiger partial charge in [-0.25, -0.2) is 0 Å². The van der Waals surface area contributed by atoms with Gasteiger partial charge in [0, 0.05) is 13.1 Å². The maximum Gasteiger partial charge on any atom is 0.285 e. The molecule has 7 heteroatoms. The molecule has 1 aromatic carbocycles. The molecule has 19 heavy (non-hydrogen) atoms. The minimum absolute atomic E-state index is 0.113. The number of methoxy groups -OCH3 is 1. The van der Waals surface area contributed by atoms with E-state index in [0.717, 1.165) is 0 Å². The average Bonchev–Trinajstić information content (AvgIpc) is 2.43. The molecule has 0 saturated heterocycles. The summed E-state index contributed by atoms with van der Waals surface area (Å²) < 4.78 is 5.01. The van der Waals surface area contributed by atoms with Crippen LogP contribution in [0.2, 0.25) is 0 Å². The van der Waals surface area contributed by atoms with Crippen LogP contribution in [0.4, 0.5) is 5.69 Å². The van der Waals surface area contributed by atoms with E-state index in [-0.39, 0.29) is 23.6 Å². The highest BCUT2D eigenvalue weighted by Crippen LogP contribution is 2.29. The number of nitrogens with zero attached hydrogens (tertiary/aromatic N) is 2. The zero-order valence-corrected chi connectivity index (χ0v) is 11.0. The lowest BCUT2D eigenvalue weighted by atomic mass is 10.1. The van der Waals surface area contributed by atoms with Crippen LogP contribution in [0.15, 0.2) is 18.2 Å². The second kappa shape index (κ2) is 6.14. The van der Waals surface area contributed by atoms with Crippen LogP contribution in [0, 0.1) is 10.1 Å². The number of benzene rings is 1. The first-order valence-corrected chi connectivity index (χ1v) is 5.63. The highest BCUT2D eigenvalue weighted by atomic mass is 16.6. The Labute approximate surface area is 110 Å². The van der Waals surface area contributed by atoms with Crippen LogP contribution < -0.4 is 4.74 Å². The summed E-state index contributed by atoms with van der Waals surface area (Å²) in [4.78, 5) is 23.9. The van der Waals surface area contributed by atoms with Gasteiger partial charge in [-0.15, -0.1) is 0 Å². The van der Waals surface area contributed by atoms with Crippen molar-refractivity contribution < 1.29 is 19.6 Å². The SMILES string of the molecule is COc1cccc([N+](=O)[O-])c1C(=O)N(C)C(C)CO. The molecule has 0 saturated carbocycles. The lowest BCUT2D eigenvalue weighted by molar-refractivity contribution is -0.385. The van der Waals surface area contributed by atoms with Crippen molar-refractivity contribution >= 4 is 11.6 Å².